The first-order valence-electron chi connectivity index (χ1n) is 5.28. The van der Waals surface area contributed by atoms with Crippen molar-refractivity contribution in [1.82, 2.24) is 0 Å². The molecule has 0 unspecified atom stereocenters. The van der Waals surface area contributed by atoms with Crippen molar-refractivity contribution < 1.29 is 8.42 Å². The molecule has 0 heterocycles. The van der Waals surface area contributed by atoms with Gasteiger partial charge in [0.2, 0.25) is 10.0 Å². The molecule has 0 spiro atoms. The fourth-order valence-electron chi connectivity index (χ4n) is 1.54. The van der Waals surface area contributed by atoms with E-state index in [1.165, 1.54) is 0 Å². The van der Waals surface area contributed by atoms with Crippen LogP contribution in [0.25, 0.3) is 0 Å². The normalized spacial score (nSPS) is 16.1. The van der Waals surface area contributed by atoms with E-state index in [-0.39, 0.29) is 5.25 Å². The number of aryl methyl sites for hydroxylation is 2. The van der Waals surface area contributed by atoms with Crippen molar-refractivity contribution in [3.63, 3.8) is 0 Å². The third-order valence-corrected chi connectivity index (χ3v) is 4.73. The van der Waals surface area contributed by atoms with E-state index in [0.29, 0.717) is 11.4 Å². The lowest BCUT2D eigenvalue weighted by molar-refractivity contribution is 0.600. The second-order valence-electron chi connectivity index (χ2n) is 4.37. The molecule has 1 aliphatic rings. The second-order valence-corrected chi connectivity index (χ2v) is 6.33. The number of sulfonamides is 1. The summed E-state index contributed by atoms with van der Waals surface area (Å²) in [6.07, 6.45) is 1.50. The van der Waals surface area contributed by atoms with Gasteiger partial charge in [-0.2, -0.15) is 0 Å². The lowest BCUT2D eigenvalue weighted by Crippen LogP contribution is -2.18. The van der Waals surface area contributed by atoms with E-state index >= 15 is 0 Å². The van der Waals surface area contributed by atoms with Crippen molar-refractivity contribution in [1.29, 1.82) is 0 Å². The van der Waals surface area contributed by atoms with Crippen molar-refractivity contribution in [2.45, 2.75) is 31.9 Å². The summed E-state index contributed by atoms with van der Waals surface area (Å²) in [6.45, 7) is 3.88. The molecule has 16 heavy (non-hydrogen) atoms. The molecular weight excluding hydrogens is 224 g/mol. The first kappa shape index (κ1) is 11.3. The van der Waals surface area contributed by atoms with E-state index in [4.69, 9.17) is 5.73 Å². The Hall–Kier alpha value is -1.23. The Bertz CT molecular complexity index is 519. The van der Waals surface area contributed by atoms with Crippen LogP contribution in [0.2, 0.25) is 0 Å². The van der Waals surface area contributed by atoms with E-state index in [1.807, 2.05) is 13.8 Å². The number of benzene rings is 1. The fraction of sp³-hybridized carbons (Fsp3) is 0.455. The molecule has 0 atom stereocenters. The summed E-state index contributed by atoms with van der Waals surface area (Å²) >= 11 is 0. The zero-order chi connectivity index (χ0) is 11.9. The number of hydrogen-bond donors (Lipinski definition) is 2. The van der Waals surface area contributed by atoms with Gasteiger partial charge in [0, 0.05) is 0 Å². The van der Waals surface area contributed by atoms with Gasteiger partial charge in [-0.15, -0.1) is 0 Å². The lowest BCUT2D eigenvalue weighted by Gasteiger charge is -2.12. The molecule has 0 aliphatic heterocycles. The van der Waals surface area contributed by atoms with Gasteiger partial charge < -0.3 is 5.73 Å². The van der Waals surface area contributed by atoms with Crippen molar-refractivity contribution in [3.05, 3.63) is 23.3 Å². The molecule has 0 aromatic heterocycles. The van der Waals surface area contributed by atoms with Crippen LogP contribution in [0, 0.1) is 13.8 Å². The SMILES string of the molecule is Cc1cc(N)c(NS(=O)(=O)C2CC2)cc1C. The molecule has 0 amide bonds. The van der Waals surface area contributed by atoms with E-state index in [1.54, 1.807) is 12.1 Å². The van der Waals surface area contributed by atoms with E-state index in [9.17, 15) is 8.42 Å². The zero-order valence-electron chi connectivity index (χ0n) is 9.45. The van der Waals surface area contributed by atoms with Gasteiger partial charge in [-0.3, -0.25) is 4.72 Å². The fourth-order valence-corrected chi connectivity index (χ4v) is 2.95. The smallest absolute Gasteiger partial charge is 0.235 e. The summed E-state index contributed by atoms with van der Waals surface area (Å²) in [6, 6.07) is 3.57. The lowest BCUT2D eigenvalue weighted by atomic mass is 10.1. The molecule has 2 rings (SSSR count). The summed E-state index contributed by atoms with van der Waals surface area (Å²) in [7, 11) is -3.22. The van der Waals surface area contributed by atoms with Gasteiger partial charge in [0.1, 0.15) is 0 Å². The molecule has 88 valence electrons. The summed E-state index contributed by atoms with van der Waals surface area (Å²) in [4.78, 5) is 0. The average Bonchev–Trinajstić information content (AvgIpc) is 2.96. The maximum absolute atomic E-state index is 11.7. The number of nitrogens with one attached hydrogen (secondary N) is 1. The van der Waals surface area contributed by atoms with Gasteiger partial charge in [0.25, 0.3) is 0 Å². The largest absolute Gasteiger partial charge is 0.397 e. The summed E-state index contributed by atoms with van der Waals surface area (Å²) in [5.74, 6) is 0. The molecule has 0 radical (unpaired) electrons. The van der Waals surface area contributed by atoms with E-state index in [2.05, 4.69) is 4.72 Å². The van der Waals surface area contributed by atoms with Crippen LogP contribution in [0.1, 0.15) is 24.0 Å². The van der Waals surface area contributed by atoms with E-state index in [0.717, 1.165) is 24.0 Å². The third-order valence-electron chi connectivity index (χ3n) is 2.88. The number of anilines is 2. The highest BCUT2D eigenvalue weighted by molar-refractivity contribution is 7.93. The maximum atomic E-state index is 11.7. The monoisotopic (exact) mass is 240 g/mol. The third kappa shape index (κ3) is 2.14. The van der Waals surface area contributed by atoms with Crippen LogP contribution >= 0.6 is 0 Å². The molecule has 4 nitrogen and oxygen atoms in total. The van der Waals surface area contributed by atoms with Crippen molar-refractivity contribution in [2.24, 2.45) is 0 Å². The van der Waals surface area contributed by atoms with Crippen LogP contribution in [-0.4, -0.2) is 13.7 Å². The minimum Gasteiger partial charge on any atom is -0.397 e. The predicted molar refractivity (Wildman–Crippen MR) is 65.9 cm³/mol. The topological polar surface area (TPSA) is 72.2 Å². The van der Waals surface area contributed by atoms with Crippen LogP contribution in [-0.2, 0) is 10.0 Å². The molecule has 5 heteroatoms. The number of nitrogen functional groups attached to an aromatic ring is 1. The minimum atomic E-state index is -3.22. The van der Waals surface area contributed by atoms with Crippen LogP contribution in [0.5, 0.6) is 0 Å². The van der Waals surface area contributed by atoms with Gasteiger partial charge >= 0.3 is 0 Å². The molecule has 1 aromatic carbocycles. The number of hydrogen-bond acceptors (Lipinski definition) is 3. The Balaban J connectivity index is 2.31. The molecule has 1 aromatic rings. The molecule has 0 saturated heterocycles. The first-order valence-corrected chi connectivity index (χ1v) is 6.83. The molecule has 1 aliphatic carbocycles. The van der Waals surface area contributed by atoms with Crippen LogP contribution in [0.15, 0.2) is 12.1 Å². The first-order chi connectivity index (χ1) is 7.40. The van der Waals surface area contributed by atoms with Crippen LogP contribution in [0.4, 0.5) is 11.4 Å². The Morgan fingerprint density at radius 3 is 2.38 bits per heavy atom. The highest BCUT2D eigenvalue weighted by atomic mass is 32.2. The summed E-state index contributed by atoms with van der Waals surface area (Å²) in [5, 5.41) is -0.228. The molecule has 0 bridgehead atoms. The predicted octanol–water partition coefficient (Wildman–Crippen LogP) is 1.79. The van der Waals surface area contributed by atoms with Gasteiger partial charge in [-0.1, -0.05) is 0 Å². The Labute approximate surface area is 95.9 Å². The highest BCUT2D eigenvalue weighted by Gasteiger charge is 2.35. The Morgan fingerprint density at radius 2 is 1.81 bits per heavy atom. The zero-order valence-corrected chi connectivity index (χ0v) is 10.3. The van der Waals surface area contributed by atoms with Crippen molar-refractivity contribution in [2.75, 3.05) is 10.5 Å². The second kappa shape index (κ2) is 3.66. The molecular formula is C11H16N2O2S. The van der Waals surface area contributed by atoms with Gasteiger partial charge in [0.05, 0.1) is 16.6 Å². The molecule has 1 fully saturated rings. The van der Waals surface area contributed by atoms with Gasteiger partial charge in [0.15, 0.2) is 0 Å². The summed E-state index contributed by atoms with van der Waals surface area (Å²) < 4.78 is 26.1. The standard InChI is InChI=1S/C11H16N2O2S/c1-7-5-10(12)11(6-8(7)2)13-16(14,15)9-3-4-9/h5-6,9,13H,3-4,12H2,1-2H3. The van der Waals surface area contributed by atoms with Crippen LogP contribution < -0.4 is 10.5 Å². The van der Waals surface area contributed by atoms with Crippen LogP contribution in [0.3, 0.4) is 0 Å². The summed E-state index contributed by atoms with van der Waals surface area (Å²) in [5.41, 5.74) is 8.86. The van der Waals surface area contributed by atoms with Gasteiger partial charge in [-0.05, 0) is 49.9 Å². The molecule has 3 N–H and O–H groups in total. The Kier molecular flexibility index (Phi) is 2.58. The average molecular weight is 240 g/mol. The highest BCUT2D eigenvalue weighted by Crippen LogP contribution is 2.32. The quantitative estimate of drug-likeness (QED) is 0.791. The van der Waals surface area contributed by atoms with Crippen molar-refractivity contribution in [3.8, 4) is 0 Å². The van der Waals surface area contributed by atoms with Crippen molar-refractivity contribution >= 4 is 21.4 Å². The molecule has 1 saturated carbocycles. The number of rotatable bonds is 3. The van der Waals surface area contributed by atoms with Gasteiger partial charge in [-0.25, -0.2) is 8.42 Å². The minimum absolute atomic E-state index is 0.228. The number of nitrogens with two attached hydrogens (primary N) is 1. The Morgan fingerprint density at radius 1 is 1.25 bits per heavy atom. The van der Waals surface area contributed by atoms with E-state index < -0.39 is 10.0 Å². The maximum Gasteiger partial charge on any atom is 0.235 e.